The molecule has 1 aromatic heterocycles. The zero-order valence-electron chi connectivity index (χ0n) is 16.0. The first-order chi connectivity index (χ1) is 13.3. The first-order valence-electron chi connectivity index (χ1n) is 9.05. The van der Waals surface area contributed by atoms with Crippen molar-refractivity contribution in [2.45, 2.75) is 32.1 Å². The summed E-state index contributed by atoms with van der Waals surface area (Å²) in [5.41, 5.74) is 3.31. The van der Waals surface area contributed by atoms with Gasteiger partial charge in [-0.3, -0.25) is 4.79 Å². The van der Waals surface area contributed by atoms with E-state index in [1.54, 1.807) is 26.0 Å². The van der Waals surface area contributed by atoms with E-state index in [2.05, 4.69) is 29.4 Å². The number of hydrogen-bond acceptors (Lipinski definition) is 5. The summed E-state index contributed by atoms with van der Waals surface area (Å²) >= 11 is 1.33. The molecule has 3 aromatic rings. The number of carbonyl (C=O) groups excluding carboxylic acids is 1. The van der Waals surface area contributed by atoms with Crippen molar-refractivity contribution in [2.75, 3.05) is 11.1 Å². The molecule has 3 rings (SSSR count). The first kappa shape index (κ1) is 20.2. The molecule has 0 bridgehead atoms. The van der Waals surface area contributed by atoms with Gasteiger partial charge in [0.2, 0.25) is 0 Å². The summed E-state index contributed by atoms with van der Waals surface area (Å²) < 4.78 is 24.1. The largest absolute Gasteiger partial charge is 0.321 e. The van der Waals surface area contributed by atoms with Crippen LogP contribution in [0.25, 0.3) is 10.6 Å². The van der Waals surface area contributed by atoms with Gasteiger partial charge in [-0.1, -0.05) is 44.2 Å². The Morgan fingerprint density at radius 2 is 1.82 bits per heavy atom. The van der Waals surface area contributed by atoms with Crippen LogP contribution in [0.15, 0.2) is 53.4 Å². The van der Waals surface area contributed by atoms with Crippen molar-refractivity contribution in [1.82, 2.24) is 4.98 Å². The zero-order valence-corrected chi connectivity index (χ0v) is 17.7. The van der Waals surface area contributed by atoms with Crippen LogP contribution in [0.3, 0.4) is 0 Å². The Bertz CT molecular complexity index is 1100. The Balaban J connectivity index is 1.84. The Labute approximate surface area is 169 Å². The molecule has 0 aliphatic rings. The fraction of sp³-hybridized carbons (Fsp3) is 0.238. The van der Waals surface area contributed by atoms with Crippen LogP contribution < -0.4 is 5.32 Å². The number of nitrogens with one attached hydrogen (secondary N) is 1. The topological polar surface area (TPSA) is 76.1 Å². The maximum absolute atomic E-state index is 12.7. The van der Waals surface area contributed by atoms with E-state index in [1.165, 1.54) is 29.0 Å². The number of hydrogen-bond donors (Lipinski definition) is 1. The van der Waals surface area contributed by atoms with E-state index in [0.29, 0.717) is 16.3 Å². The molecular weight excluding hydrogens is 392 g/mol. The molecule has 1 heterocycles. The van der Waals surface area contributed by atoms with Crippen molar-refractivity contribution < 1.29 is 13.2 Å². The lowest BCUT2D eigenvalue weighted by Crippen LogP contribution is -2.12. The fourth-order valence-electron chi connectivity index (χ4n) is 2.74. The Kier molecular flexibility index (Phi) is 5.96. The molecule has 7 heteroatoms. The molecule has 0 unspecified atom stereocenters. The summed E-state index contributed by atoms with van der Waals surface area (Å²) in [5.74, 6) is -0.282. The standard InChI is InChI=1S/C21H22N2O3S2/c1-4-15-9-11-16(12-10-15)21-22-14(3)19(27-21)20(24)23-17-7-6-8-18(13-17)28(25,26)5-2/h6-13H,4-5H2,1-3H3,(H,23,24). The second kappa shape index (κ2) is 8.24. The van der Waals surface area contributed by atoms with Crippen LogP contribution in [0.2, 0.25) is 0 Å². The van der Waals surface area contributed by atoms with Crippen LogP contribution in [0.5, 0.6) is 0 Å². The molecule has 28 heavy (non-hydrogen) atoms. The van der Waals surface area contributed by atoms with Gasteiger partial charge in [-0.2, -0.15) is 0 Å². The van der Waals surface area contributed by atoms with Gasteiger partial charge in [0.1, 0.15) is 9.88 Å². The van der Waals surface area contributed by atoms with E-state index < -0.39 is 9.84 Å². The van der Waals surface area contributed by atoms with Gasteiger partial charge < -0.3 is 5.32 Å². The van der Waals surface area contributed by atoms with Crippen LogP contribution in [0.1, 0.15) is 34.8 Å². The van der Waals surface area contributed by atoms with Crippen molar-refractivity contribution in [3.63, 3.8) is 0 Å². The molecule has 0 saturated heterocycles. The molecule has 0 aliphatic carbocycles. The second-order valence-corrected chi connectivity index (χ2v) is 9.65. The second-order valence-electron chi connectivity index (χ2n) is 6.37. The van der Waals surface area contributed by atoms with Crippen molar-refractivity contribution in [1.29, 1.82) is 0 Å². The van der Waals surface area contributed by atoms with Gasteiger partial charge in [0.05, 0.1) is 16.3 Å². The van der Waals surface area contributed by atoms with Crippen LogP contribution in [0, 0.1) is 6.92 Å². The quantitative estimate of drug-likeness (QED) is 0.633. The van der Waals surface area contributed by atoms with Crippen molar-refractivity contribution >= 4 is 32.8 Å². The lowest BCUT2D eigenvalue weighted by molar-refractivity contribution is 0.102. The maximum Gasteiger partial charge on any atom is 0.267 e. The Hall–Kier alpha value is -2.51. The number of aryl methyl sites for hydroxylation is 2. The summed E-state index contributed by atoms with van der Waals surface area (Å²) in [6.45, 7) is 5.49. The van der Waals surface area contributed by atoms with Crippen LogP contribution in [-0.4, -0.2) is 25.1 Å². The molecule has 5 nitrogen and oxygen atoms in total. The monoisotopic (exact) mass is 414 g/mol. The van der Waals surface area contributed by atoms with E-state index >= 15 is 0 Å². The third-order valence-corrected chi connectivity index (χ3v) is 7.38. The summed E-state index contributed by atoms with van der Waals surface area (Å²) in [5, 5.41) is 3.57. The van der Waals surface area contributed by atoms with E-state index in [0.717, 1.165) is 17.0 Å². The lowest BCUT2D eigenvalue weighted by atomic mass is 10.1. The highest BCUT2D eigenvalue weighted by Crippen LogP contribution is 2.29. The molecule has 0 aliphatic heterocycles. The van der Waals surface area contributed by atoms with E-state index in [9.17, 15) is 13.2 Å². The number of aromatic nitrogens is 1. The smallest absolute Gasteiger partial charge is 0.267 e. The molecule has 0 atom stereocenters. The number of thiazole rings is 1. The maximum atomic E-state index is 12.7. The number of nitrogens with zero attached hydrogens (tertiary/aromatic N) is 1. The summed E-state index contributed by atoms with van der Waals surface area (Å²) in [4.78, 5) is 18.0. The number of anilines is 1. The zero-order chi connectivity index (χ0) is 20.3. The number of sulfone groups is 1. The van der Waals surface area contributed by atoms with Gasteiger partial charge in [-0.15, -0.1) is 11.3 Å². The molecule has 2 aromatic carbocycles. The third kappa shape index (κ3) is 4.31. The minimum absolute atomic E-state index is 0.0124. The van der Waals surface area contributed by atoms with E-state index in [1.807, 2.05) is 12.1 Å². The third-order valence-electron chi connectivity index (χ3n) is 4.44. The van der Waals surface area contributed by atoms with Crippen LogP contribution in [0.4, 0.5) is 5.69 Å². The molecule has 1 amide bonds. The van der Waals surface area contributed by atoms with Crippen LogP contribution >= 0.6 is 11.3 Å². The van der Waals surface area contributed by atoms with Gasteiger partial charge in [-0.25, -0.2) is 13.4 Å². The summed E-state index contributed by atoms with van der Waals surface area (Å²) in [7, 11) is -3.33. The normalized spacial score (nSPS) is 11.4. The SMILES string of the molecule is CCc1ccc(-c2nc(C)c(C(=O)Nc3cccc(S(=O)(=O)CC)c3)s2)cc1. The highest BCUT2D eigenvalue weighted by atomic mass is 32.2. The summed E-state index contributed by atoms with van der Waals surface area (Å²) in [6, 6.07) is 14.5. The Morgan fingerprint density at radius 3 is 2.46 bits per heavy atom. The number of carbonyl (C=O) groups is 1. The minimum atomic E-state index is -3.33. The lowest BCUT2D eigenvalue weighted by Gasteiger charge is -2.07. The van der Waals surface area contributed by atoms with Crippen LogP contribution in [-0.2, 0) is 16.3 Å². The Morgan fingerprint density at radius 1 is 1.11 bits per heavy atom. The predicted octanol–water partition coefficient (Wildman–Crippen LogP) is 4.73. The average molecular weight is 415 g/mol. The molecular formula is C21H22N2O3S2. The predicted molar refractivity (Wildman–Crippen MR) is 114 cm³/mol. The van der Waals surface area contributed by atoms with Gasteiger partial charge in [0, 0.05) is 11.3 Å². The highest BCUT2D eigenvalue weighted by Gasteiger charge is 2.18. The van der Waals surface area contributed by atoms with Crippen molar-refractivity contribution in [3.8, 4) is 10.6 Å². The highest BCUT2D eigenvalue weighted by molar-refractivity contribution is 7.91. The van der Waals surface area contributed by atoms with Gasteiger partial charge in [0.15, 0.2) is 9.84 Å². The number of amides is 1. The molecule has 146 valence electrons. The molecule has 0 spiro atoms. The van der Waals surface area contributed by atoms with E-state index in [-0.39, 0.29) is 16.6 Å². The van der Waals surface area contributed by atoms with Gasteiger partial charge in [-0.05, 0) is 37.1 Å². The molecule has 0 radical (unpaired) electrons. The number of benzene rings is 2. The van der Waals surface area contributed by atoms with Gasteiger partial charge >= 0.3 is 0 Å². The minimum Gasteiger partial charge on any atom is -0.321 e. The fourth-order valence-corrected chi connectivity index (χ4v) is 4.63. The van der Waals surface area contributed by atoms with Gasteiger partial charge in [0.25, 0.3) is 5.91 Å². The average Bonchev–Trinajstić information content (AvgIpc) is 3.10. The van der Waals surface area contributed by atoms with E-state index in [4.69, 9.17) is 0 Å². The first-order valence-corrected chi connectivity index (χ1v) is 11.5. The molecule has 0 saturated carbocycles. The number of rotatable bonds is 6. The molecule has 0 fully saturated rings. The van der Waals surface area contributed by atoms with Crippen molar-refractivity contribution in [2.24, 2.45) is 0 Å². The summed E-state index contributed by atoms with van der Waals surface area (Å²) in [6.07, 6.45) is 0.970. The van der Waals surface area contributed by atoms with Crippen molar-refractivity contribution in [3.05, 3.63) is 64.7 Å². The molecule has 1 N–H and O–H groups in total.